The van der Waals surface area contributed by atoms with Crippen LogP contribution in [0, 0.1) is 5.41 Å². The molecule has 2 rings (SSSR count). The molecule has 0 aliphatic heterocycles. The first-order chi connectivity index (χ1) is 8.09. The summed E-state index contributed by atoms with van der Waals surface area (Å²) in [5.74, 6) is 0.0940. The quantitative estimate of drug-likeness (QED) is 0.801. The van der Waals surface area contributed by atoms with Crippen molar-refractivity contribution in [1.29, 1.82) is 5.41 Å². The first-order valence-corrected chi connectivity index (χ1v) is 6.09. The molecule has 2 nitrogen and oxygen atoms in total. The van der Waals surface area contributed by atoms with Gasteiger partial charge in [-0.25, -0.2) is 0 Å². The van der Waals surface area contributed by atoms with Crippen molar-refractivity contribution in [3.05, 3.63) is 63.1 Å². The number of aromatic hydroxyl groups is 1. The van der Waals surface area contributed by atoms with Gasteiger partial charge in [0.05, 0.1) is 10.7 Å². The number of hydrogen-bond donors (Lipinski definition) is 2. The van der Waals surface area contributed by atoms with E-state index in [2.05, 4.69) is 15.9 Å². The van der Waals surface area contributed by atoms with Crippen molar-refractivity contribution in [1.82, 2.24) is 0 Å². The van der Waals surface area contributed by atoms with E-state index in [4.69, 9.17) is 17.0 Å². The second kappa shape index (κ2) is 4.90. The predicted octanol–water partition coefficient (Wildman–Crippen LogP) is 4.22. The maximum atomic E-state index is 9.68. The Kier molecular flexibility index (Phi) is 3.50. The van der Waals surface area contributed by atoms with Crippen LogP contribution in [0.15, 0.2) is 46.9 Å². The zero-order valence-electron chi connectivity index (χ0n) is 8.74. The smallest absolute Gasteiger partial charge is 0.124 e. The summed E-state index contributed by atoms with van der Waals surface area (Å²) in [5, 5.41) is 18.3. The number of benzene rings is 2. The van der Waals surface area contributed by atoms with E-state index in [9.17, 15) is 5.11 Å². The SMILES string of the molecule is N=C(c1ccc(Br)c(Cl)c1)c1ccccc1O. The maximum Gasteiger partial charge on any atom is 0.124 e. The lowest BCUT2D eigenvalue weighted by atomic mass is 10.0. The molecule has 0 aliphatic rings. The molecule has 2 aromatic carbocycles. The Hall–Kier alpha value is -1.32. The number of rotatable bonds is 2. The van der Waals surface area contributed by atoms with Crippen LogP contribution in [0.3, 0.4) is 0 Å². The zero-order valence-corrected chi connectivity index (χ0v) is 11.1. The third-order valence-electron chi connectivity index (χ3n) is 2.38. The fourth-order valence-corrected chi connectivity index (χ4v) is 1.92. The molecule has 0 heterocycles. The fraction of sp³-hybridized carbons (Fsp3) is 0. The van der Waals surface area contributed by atoms with E-state index < -0.39 is 0 Å². The Labute approximate surface area is 113 Å². The lowest BCUT2D eigenvalue weighted by molar-refractivity contribution is 0.474. The highest BCUT2D eigenvalue weighted by molar-refractivity contribution is 9.10. The van der Waals surface area contributed by atoms with Gasteiger partial charge >= 0.3 is 0 Å². The molecule has 0 atom stereocenters. The normalized spacial score (nSPS) is 10.2. The second-order valence-corrected chi connectivity index (χ2v) is 4.78. The zero-order chi connectivity index (χ0) is 12.4. The minimum atomic E-state index is 0.0940. The third-order valence-corrected chi connectivity index (χ3v) is 3.61. The molecule has 0 spiro atoms. The second-order valence-electron chi connectivity index (χ2n) is 3.52. The van der Waals surface area contributed by atoms with E-state index in [-0.39, 0.29) is 11.5 Å². The van der Waals surface area contributed by atoms with Crippen molar-refractivity contribution in [3.63, 3.8) is 0 Å². The van der Waals surface area contributed by atoms with E-state index in [1.807, 2.05) is 0 Å². The van der Waals surface area contributed by atoms with Crippen molar-refractivity contribution >= 4 is 33.2 Å². The van der Waals surface area contributed by atoms with Gasteiger partial charge in [-0.15, -0.1) is 0 Å². The molecular formula is C13H9BrClNO. The topological polar surface area (TPSA) is 44.1 Å². The number of phenolic OH excluding ortho intramolecular Hbond substituents is 1. The number of hydrogen-bond acceptors (Lipinski definition) is 2. The minimum absolute atomic E-state index is 0.0940. The summed E-state index contributed by atoms with van der Waals surface area (Å²) in [6, 6.07) is 12.0. The van der Waals surface area contributed by atoms with Crippen molar-refractivity contribution in [2.45, 2.75) is 0 Å². The Balaban J connectivity index is 2.44. The molecule has 4 heteroatoms. The standard InChI is InChI=1S/C13H9BrClNO/c14-10-6-5-8(7-11(10)15)13(16)9-3-1-2-4-12(9)17/h1-7,16-17H. The van der Waals surface area contributed by atoms with Crippen molar-refractivity contribution in [2.24, 2.45) is 0 Å². The maximum absolute atomic E-state index is 9.68. The van der Waals surface area contributed by atoms with Crippen LogP contribution >= 0.6 is 27.5 Å². The minimum Gasteiger partial charge on any atom is -0.507 e. The van der Waals surface area contributed by atoms with Crippen molar-refractivity contribution in [3.8, 4) is 5.75 Å². The molecular weight excluding hydrogens is 302 g/mol. The van der Waals surface area contributed by atoms with Crippen LogP contribution < -0.4 is 0 Å². The Morgan fingerprint density at radius 1 is 1.18 bits per heavy atom. The molecule has 0 aromatic heterocycles. The van der Waals surface area contributed by atoms with Gasteiger partial charge in [0.1, 0.15) is 5.75 Å². The van der Waals surface area contributed by atoms with Crippen LogP contribution in [0.1, 0.15) is 11.1 Å². The van der Waals surface area contributed by atoms with E-state index in [0.717, 1.165) is 4.47 Å². The highest BCUT2D eigenvalue weighted by Crippen LogP contribution is 2.26. The fourth-order valence-electron chi connectivity index (χ4n) is 1.49. The summed E-state index contributed by atoms with van der Waals surface area (Å²) in [6.45, 7) is 0. The van der Waals surface area contributed by atoms with E-state index in [1.54, 1.807) is 42.5 Å². The molecule has 0 radical (unpaired) electrons. The largest absolute Gasteiger partial charge is 0.507 e. The third kappa shape index (κ3) is 2.51. The summed E-state index contributed by atoms with van der Waals surface area (Å²) in [4.78, 5) is 0. The van der Waals surface area contributed by atoms with Gasteiger partial charge in [0.25, 0.3) is 0 Å². The molecule has 2 N–H and O–H groups in total. The first kappa shape index (κ1) is 12.1. The molecule has 0 saturated carbocycles. The summed E-state index contributed by atoms with van der Waals surface area (Å²) in [6.07, 6.45) is 0. The Morgan fingerprint density at radius 2 is 1.88 bits per heavy atom. The molecule has 17 heavy (non-hydrogen) atoms. The van der Waals surface area contributed by atoms with Crippen LogP contribution in [0.4, 0.5) is 0 Å². The Morgan fingerprint density at radius 3 is 2.53 bits per heavy atom. The number of para-hydroxylation sites is 1. The lowest BCUT2D eigenvalue weighted by Crippen LogP contribution is -2.01. The molecule has 0 amide bonds. The van der Waals surface area contributed by atoms with Gasteiger partial charge in [0, 0.05) is 15.6 Å². The summed E-state index contributed by atoms with van der Waals surface area (Å²) in [5.41, 5.74) is 1.41. The summed E-state index contributed by atoms with van der Waals surface area (Å²) < 4.78 is 0.785. The van der Waals surface area contributed by atoms with Crippen LogP contribution in [0.25, 0.3) is 0 Å². The van der Waals surface area contributed by atoms with E-state index >= 15 is 0 Å². The molecule has 0 saturated heterocycles. The van der Waals surface area contributed by atoms with Crippen molar-refractivity contribution < 1.29 is 5.11 Å². The van der Waals surface area contributed by atoms with Gasteiger partial charge < -0.3 is 5.11 Å². The summed E-state index contributed by atoms with van der Waals surface area (Å²) in [7, 11) is 0. The van der Waals surface area contributed by atoms with E-state index in [0.29, 0.717) is 16.1 Å². The van der Waals surface area contributed by atoms with Crippen LogP contribution in [-0.4, -0.2) is 10.8 Å². The predicted molar refractivity (Wildman–Crippen MR) is 73.2 cm³/mol. The molecule has 0 aliphatic carbocycles. The average Bonchev–Trinajstić information content (AvgIpc) is 2.32. The molecule has 0 fully saturated rings. The van der Waals surface area contributed by atoms with Gasteiger partial charge in [-0.05, 0) is 40.2 Å². The van der Waals surface area contributed by atoms with Crippen LogP contribution in [0.5, 0.6) is 5.75 Å². The average molecular weight is 311 g/mol. The Bertz CT molecular complexity index is 583. The van der Waals surface area contributed by atoms with Gasteiger partial charge in [-0.1, -0.05) is 29.8 Å². The molecule has 86 valence electrons. The number of phenols is 1. The monoisotopic (exact) mass is 309 g/mol. The molecule has 0 bridgehead atoms. The molecule has 2 aromatic rings. The van der Waals surface area contributed by atoms with Crippen LogP contribution in [-0.2, 0) is 0 Å². The highest BCUT2D eigenvalue weighted by atomic mass is 79.9. The van der Waals surface area contributed by atoms with Gasteiger partial charge in [-0.2, -0.15) is 0 Å². The highest BCUT2D eigenvalue weighted by Gasteiger charge is 2.10. The summed E-state index contributed by atoms with van der Waals surface area (Å²) >= 11 is 9.28. The van der Waals surface area contributed by atoms with Gasteiger partial charge in [0.2, 0.25) is 0 Å². The van der Waals surface area contributed by atoms with E-state index in [1.165, 1.54) is 0 Å². The van der Waals surface area contributed by atoms with Gasteiger partial charge in [0.15, 0.2) is 0 Å². The number of nitrogens with one attached hydrogen (secondary N) is 1. The first-order valence-electron chi connectivity index (χ1n) is 4.92. The van der Waals surface area contributed by atoms with Crippen LogP contribution in [0.2, 0.25) is 5.02 Å². The van der Waals surface area contributed by atoms with Crippen molar-refractivity contribution in [2.75, 3.05) is 0 Å². The molecule has 0 unspecified atom stereocenters. The number of halogens is 2. The van der Waals surface area contributed by atoms with Gasteiger partial charge in [-0.3, -0.25) is 5.41 Å². The lowest BCUT2D eigenvalue weighted by Gasteiger charge is -2.07.